The van der Waals surface area contributed by atoms with Gasteiger partial charge in [0.05, 0.1) is 6.10 Å². The van der Waals surface area contributed by atoms with Gasteiger partial charge in [-0.3, -0.25) is 0 Å². The van der Waals surface area contributed by atoms with Crippen molar-refractivity contribution < 1.29 is 19.1 Å². The molecule has 0 spiro atoms. The Balaban J connectivity index is 2.36. The van der Waals surface area contributed by atoms with E-state index in [1.165, 1.54) is 16.9 Å². The fraction of sp³-hybridized carbons (Fsp3) is 0.633. The summed E-state index contributed by atoms with van der Waals surface area (Å²) >= 11 is 1.41. The molecular weight excluding hydrogens is 484 g/mol. The molecule has 2 aromatic rings. The van der Waals surface area contributed by atoms with Gasteiger partial charge in [0, 0.05) is 10.3 Å². The third kappa shape index (κ3) is 6.43. The maximum absolute atomic E-state index is 11.7. The number of thiophene rings is 1. The average Bonchev–Trinajstić information content (AvgIpc) is 3.14. The number of rotatable bonds is 10. The second kappa shape index (κ2) is 11.0. The molecule has 1 aromatic heterocycles. The van der Waals surface area contributed by atoms with Crippen LogP contribution < -0.4 is 4.74 Å². The van der Waals surface area contributed by atoms with Crippen molar-refractivity contribution >= 4 is 25.6 Å². The van der Waals surface area contributed by atoms with E-state index in [1.807, 2.05) is 6.92 Å². The van der Waals surface area contributed by atoms with Gasteiger partial charge in [-0.1, -0.05) is 67.5 Å². The van der Waals surface area contributed by atoms with Gasteiger partial charge < -0.3 is 14.3 Å². The van der Waals surface area contributed by atoms with E-state index in [4.69, 9.17) is 9.16 Å². The van der Waals surface area contributed by atoms with E-state index in [0.29, 0.717) is 11.5 Å². The maximum atomic E-state index is 11.7. The van der Waals surface area contributed by atoms with Crippen molar-refractivity contribution in [3.05, 3.63) is 50.7 Å². The second-order valence-corrected chi connectivity index (χ2v) is 18.5. The molecule has 0 saturated carbocycles. The van der Waals surface area contributed by atoms with Crippen molar-refractivity contribution in [1.82, 2.24) is 0 Å². The van der Waals surface area contributed by atoms with Crippen molar-refractivity contribution in [2.75, 3.05) is 6.61 Å². The summed E-state index contributed by atoms with van der Waals surface area (Å²) in [6.45, 7) is 26.9. The van der Waals surface area contributed by atoms with Crippen LogP contribution in [0.25, 0.3) is 0 Å². The third-order valence-corrected chi connectivity index (χ3v) is 14.0. The van der Waals surface area contributed by atoms with E-state index >= 15 is 0 Å². The molecular formula is C30H48O4SSi. The number of carboxylic acid groups (broad SMARTS) is 1. The van der Waals surface area contributed by atoms with E-state index in [9.17, 15) is 9.90 Å². The van der Waals surface area contributed by atoms with Crippen LogP contribution in [0.2, 0.25) is 18.1 Å². The molecule has 1 unspecified atom stereocenters. The van der Waals surface area contributed by atoms with Crippen molar-refractivity contribution in [2.45, 2.75) is 112 Å². The zero-order valence-corrected chi connectivity index (χ0v) is 26.4. The Kier molecular flexibility index (Phi) is 9.35. The lowest BCUT2D eigenvalue weighted by Gasteiger charge is -2.43. The first-order valence-corrected chi connectivity index (χ1v) is 16.9. The number of carboxylic acids is 1. The smallest absolute Gasteiger partial charge is 0.346 e. The van der Waals surface area contributed by atoms with Crippen LogP contribution in [-0.2, 0) is 9.84 Å². The van der Waals surface area contributed by atoms with E-state index in [1.54, 1.807) is 0 Å². The second-order valence-electron chi connectivity index (χ2n) is 12.7. The first kappa shape index (κ1) is 30.6. The number of aryl methyl sites for hydroxylation is 2. The van der Waals surface area contributed by atoms with Crippen LogP contribution in [-0.4, -0.2) is 32.1 Å². The number of carbonyl (C=O) groups is 1. The van der Waals surface area contributed by atoms with Gasteiger partial charge in [-0.05, 0) is 79.1 Å². The number of hydrogen-bond donors (Lipinski definition) is 1. The van der Waals surface area contributed by atoms with Crippen LogP contribution in [0.15, 0.2) is 24.3 Å². The normalized spacial score (nSPS) is 14.1. The molecule has 0 radical (unpaired) electrons. The van der Waals surface area contributed by atoms with Crippen molar-refractivity contribution in [3.63, 3.8) is 0 Å². The lowest BCUT2D eigenvalue weighted by atomic mass is 9.74. The zero-order valence-electron chi connectivity index (χ0n) is 24.6. The molecule has 1 heterocycles. The van der Waals surface area contributed by atoms with Gasteiger partial charge in [-0.25, -0.2) is 4.79 Å². The Hall–Kier alpha value is -1.63. The summed E-state index contributed by atoms with van der Waals surface area (Å²) in [5.41, 5.74) is 2.87. The third-order valence-electron chi connectivity index (χ3n) is 8.12. The highest BCUT2D eigenvalue weighted by atomic mass is 32.1. The average molecular weight is 533 g/mol. The van der Waals surface area contributed by atoms with Crippen LogP contribution in [0.3, 0.4) is 0 Å². The molecule has 0 aliphatic heterocycles. The summed E-state index contributed by atoms with van der Waals surface area (Å²) in [5.74, 6) is 0.0274. The fourth-order valence-corrected chi connectivity index (χ4v) is 7.20. The number of hydrogen-bond acceptors (Lipinski definition) is 4. The number of ether oxygens (including phenoxy) is 1. The van der Waals surface area contributed by atoms with E-state index in [0.717, 1.165) is 34.6 Å². The van der Waals surface area contributed by atoms with Crippen molar-refractivity contribution in [2.24, 2.45) is 5.41 Å². The van der Waals surface area contributed by atoms with Crippen LogP contribution in [0, 0.1) is 19.3 Å². The lowest BCUT2D eigenvalue weighted by Crippen LogP contribution is -2.49. The Labute approximate surface area is 224 Å². The van der Waals surface area contributed by atoms with Crippen LogP contribution in [0.5, 0.6) is 5.75 Å². The zero-order chi connectivity index (χ0) is 27.7. The molecule has 1 aromatic carbocycles. The molecule has 0 aliphatic carbocycles. The first-order chi connectivity index (χ1) is 16.4. The lowest BCUT2D eigenvalue weighted by molar-refractivity contribution is 0.0310. The summed E-state index contributed by atoms with van der Waals surface area (Å²) in [5, 5.41) is 9.74. The van der Waals surface area contributed by atoms with E-state index in [2.05, 4.69) is 99.7 Å². The topological polar surface area (TPSA) is 55.8 Å². The molecule has 6 heteroatoms. The minimum Gasteiger partial charge on any atom is -0.491 e. The van der Waals surface area contributed by atoms with Gasteiger partial charge in [-0.15, -0.1) is 11.3 Å². The summed E-state index contributed by atoms with van der Waals surface area (Å²) in [6.07, 6.45) is 1.79. The Morgan fingerprint density at radius 1 is 1.00 bits per heavy atom. The quantitative estimate of drug-likeness (QED) is 0.310. The first-order valence-electron chi connectivity index (χ1n) is 13.2. The minimum atomic E-state index is -1.94. The predicted octanol–water partition coefficient (Wildman–Crippen LogP) is 8.98. The molecule has 4 nitrogen and oxygen atoms in total. The van der Waals surface area contributed by atoms with Gasteiger partial charge in [0.1, 0.15) is 17.2 Å². The summed E-state index contributed by atoms with van der Waals surface area (Å²) in [7, 11) is -1.94. The van der Waals surface area contributed by atoms with Crippen LogP contribution in [0.1, 0.15) is 99.5 Å². The Morgan fingerprint density at radius 2 is 1.58 bits per heavy atom. The van der Waals surface area contributed by atoms with Gasteiger partial charge in [0.15, 0.2) is 8.32 Å². The largest absolute Gasteiger partial charge is 0.491 e. The standard InChI is InChI=1S/C30H48O4SSi/c1-13-30(14-2,25-18-21(4)26(35-25)27(31)32)22-15-16-23(20(3)17-22)33-19-24(28(5,6)7)34-36(11,12)29(8,9)10/h15-18,24H,13-14,19H2,1-12H3,(H,31,32). The summed E-state index contributed by atoms with van der Waals surface area (Å²) < 4.78 is 13.2. The fourth-order valence-electron chi connectivity index (χ4n) is 4.35. The SMILES string of the molecule is CCC(CC)(c1ccc(OCC(O[Si](C)(C)C(C)(C)C)C(C)(C)C)c(C)c1)c1cc(C)c(C(=O)O)s1. The number of aromatic carboxylic acids is 1. The van der Waals surface area contributed by atoms with Crippen molar-refractivity contribution in [3.8, 4) is 5.75 Å². The van der Waals surface area contributed by atoms with Gasteiger partial charge >= 0.3 is 5.97 Å². The monoisotopic (exact) mass is 532 g/mol. The molecule has 36 heavy (non-hydrogen) atoms. The summed E-state index contributed by atoms with van der Waals surface area (Å²) in [4.78, 5) is 13.2. The van der Waals surface area contributed by atoms with Gasteiger partial charge in [0.25, 0.3) is 0 Å². The molecule has 202 valence electrons. The molecule has 0 saturated heterocycles. The number of benzene rings is 1. The molecule has 2 rings (SSSR count). The maximum Gasteiger partial charge on any atom is 0.346 e. The van der Waals surface area contributed by atoms with E-state index in [-0.39, 0.29) is 22.0 Å². The van der Waals surface area contributed by atoms with Gasteiger partial charge in [0.2, 0.25) is 0 Å². The predicted molar refractivity (Wildman–Crippen MR) is 156 cm³/mol. The summed E-state index contributed by atoms with van der Waals surface area (Å²) in [6, 6.07) is 8.52. The Bertz CT molecular complexity index is 1050. The van der Waals surface area contributed by atoms with Gasteiger partial charge in [-0.2, -0.15) is 0 Å². The molecule has 1 atom stereocenters. The molecule has 0 aliphatic rings. The molecule has 0 amide bonds. The van der Waals surface area contributed by atoms with Crippen LogP contribution in [0.4, 0.5) is 0 Å². The highest BCUT2D eigenvalue weighted by Crippen LogP contribution is 2.44. The Morgan fingerprint density at radius 3 is 2.00 bits per heavy atom. The van der Waals surface area contributed by atoms with Crippen LogP contribution >= 0.6 is 11.3 Å². The van der Waals surface area contributed by atoms with E-state index < -0.39 is 14.3 Å². The highest BCUT2D eigenvalue weighted by Gasteiger charge is 2.42. The molecule has 0 fully saturated rings. The minimum absolute atomic E-state index is 0.00799. The molecule has 1 N–H and O–H groups in total. The highest BCUT2D eigenvalue weighted by molar-refractivity contribution is 7.14. The van der Waals surface area contributed by atoms with Crippen molar-refractivity contribution in [1.29, 1.82) is 0 Å². The molecule has 0 bridgehead atoms.